The Bertz CT molecular complexity index is 1070. The number of hydrogen-bond donors (Lipinski definition) is 1. The third-order valence-electron chi connectivity index (χ3n) is 6.61. The molecule has 0 unspecified atom stereocenters. The second-order valence-electron chi connectivity index (χ2n) is 8.76. The summed E-state index contributed by atoms with van der Waals surface area (Å²) in [5.41, 5.74) is 1.75. The third kappa shape index (κ3) is 3.77. The molecule has 1 aliphatic carbocycles. The van der Waals surface area contributed by atoms with Crippen LogP contribution in [0.3, 0.4) is 0 Å². The van der Waals surface area contributed by atoms with Crippen LogP contribution in [0.5, 0.6) is 0 Å². The highest BCUT2D eigenvalue weighted by Crippen LogP contribution is 2.33. The molecule has 2 amide bonds. The summed E-state index contributed by atoms with van der Waals surface area (Å²) in [6.45, 7) is 4.25. The molecule has 9 nitrogen and oxygen atoms in total. The smallest absolute Gasteiger partial charge is 0.257 e. The van der Waals surface area contributed by atoms with E-state index in [1.165, 1.54) is 0 Å². The molecule has 1 atom stereocenters. The second-order valence-corrected chi connectivity index (χ2v) is 8.76. The van der Waals surface area contributed by atoms with Gasteiger partial charge in [0.15, 0.2) is 0 Å². The van der Waals surface area contributed by atoms with Crippen molar-refractivity contribution in [2.24, 2.45) is 5.92 Å². The van der Waals surface area contributed by atoms with Crippen LogP contribution in [0.25, 0.3) is 0 Å². The van der Waals surface area contributed by atoms with Gasteiger partial charge < -0.3 is 14.8 Å². The molecule has 0 aromatic carbocycles. The molecule has 31 heavy (non-hydrogen) atoms. The standard InChI is InChI=1S/C22H28N6O3/c1-2-27-12-15(11-23-27)22(31)28-9-4-3-5-18(28)19-24-17-13-26(21(30)14-6-7-14)10-8-16(17)20(29)25-19/h11-12,14,18H,2-10,13H2,1H3,(H,24,25,29)/t18-/m0/s1. The average Bonchev–Trinajstić information content (AvgIpc) is 3.54. The number of aromatic amines is 1. The van der Waals surface area contributed by atoms with Gasteiger partial charge in [-0.25, -0.2) is 4.98 Å². The maximum absolute atomic E-state index is 13.2. The number of carbonyl (C=O) groups is 2. The van der Waals surface area contributed by atoms with E-state index in [0.717, 1.165) is 32.1 Å². The van der Waals surface area contributed by atoms with E-state index in [2.05, 4.69) is 10.1 Å². The highest BCUT2D eigenvalue weighted by Gasteiger charge is 2.36. The molecule has 4 heterocycles. The van der Waals surface area contributed by atoms with Gasteiger partial charge in [0.25, 0.3) is 11.5 Å². The van der Waals surface area contributed by atoms with Crippen LogP contribution in [-0.2, 0) is 24.3 Å². The number of aryl methyl sites for hydroxylation is 1. The minimum atomic E-state index is -0.279. The SMILES string of the molecule is CCn1cc(C(=O)N2CCCC[C@H]2c2nc3c(c(=O)[nH]2)CCN(C(=O)C2CC2)C3)cn1. The van der Waals surface area contributed by atoms with Crippen LogP contribution in [0.1, 0.15) is 72.5 Å². The summed E-state index contributed by atoms with van der Waals surface area (Å²) in [4.78, 5) is 49.9. The molecule has 1 saturated heterocycles. The van der Waals surface area contributed by atoms with Gasteiger partial charge in [-0.2, -0.15) is 5.10 Å². The van der Waals surface area contributed by atoms with E-state index in [1.807, 2.05) is 11.8 Å². The molecule has 2 aromatic heterocycles. The van der Waals surface area contributed by atoms with Crippen molar-refractivity contribution in [2.75, 3.05) is 13.1 Å². The summed E-state index contributed by atoms with van der Waals surface area (Å²) in [6, 6.07) is -0.279. The van der Waals surface area contributed by atoms with Gasteiger partial charge in [-0.05, 0) is 45.4 Å². The lowest BCUT2D eigenvalue weighted by atomic mass is 9.99. The summed E-state index contributed by atoms with van der Waals surface area (Å²) >= 11 is 0. The maximum Gasteiger partial charge on any atom is 0.257 e. The van der Waals surface area contributed by atoms with Gasteiger partial charge >= 0.3 is 0 Å². The van der Waals surface area contributed by atoms with Crippen molar-refractivity contribution >= 4 is 11.8 Å². The molecule has 0 radical (unpaired) electrons. The van der Waals surface area contributed by atoms with Crippen molar-refractivity contribution in [1.29, 1.82) is 0 Å². The fourth-order valence-corrected chi connectivity index (χ4v) is 4.66. The minimum absolute atomic E-state index is 0.0877. The first kappa shape index (κ1) is 20.0. The number of likely N-dealkylation sites (tertiary alicyclic amines) is 1. The molecule has 1 N–H and O–H groups in total. The number of carbonyl (C=O) groups excluding carboxylic acids is 2. The monoisotopic (exact) mass is 424 g/mol. The summed E-state index contributed by atoms with van der Waals surface area (Å²) < 4.78 is 1.73. The molecular weight excluding hydrogens is 396 g/mol. The van der Waals surface area contributed by atoms with Gasteiger partial charge in [0, 0.05) is 37.3 Å². The number of hydrogen-bond acceptors (Lipinski definition) is 5. The van der Waals surface area contributed by atoms with E-state index in [0.29, 0.717) is 55.2 Å². The van der Waals surface area contributed by atoms with Crippen LogP contribution in [0, 0.1) is 5.92 Å². The van der Waals surface area contributed by atoms with E-state index >= 15 is 0 Å². The molecule has 0 bridgehead atoms. The van der Waals surface area contributed by atoms with E-state index in [1.54, 1.807) is 22.0 Å². The Labute approximate surface area is 180 Å². The molecule has 2 aromatic rings. The summed E-state index contributed by atoms with van der Waals surface area (Å²) in [7, 11) is 0. The van der Waals surface area contributed by atoms with E-state index in [4.69, 9.17) is 4.98 Å². The fraction of sp³-hybridized carbons (Fsp3) is 0.591. The van der Waals surface area contributed by atoms with Gasteiger partial charge in [-0.1, -0.05) is 0 Å². The van der Waals surface area contributed by atoms with Crippen molar-refractivity contribution in [3.05, 3.63) is 45.4 Å². The molecule has 164 valence electrons. The van der Waals surface area contributed by atoms with Gasteiger partial charge in [0.1, 0.15) is 5.82 Å². The van der Waals surface area contributed by atoms with Crippen LogP contribution in [0.15, 0.2) is 17.2 Å². The Morgan fingerprint density at radius 3 is 2.77 bits per heavy atom. The zero-order valence-electron chi connectivity index (χ0n) is 17.8. The quantitative estimate of drug-likeness (QED) is 0.804. The number of fused-ring (bicyclic) bond motifs is 1. The van der Waals surface area contributed by atoms with Crippen molar-refractivity contribution in [2.45, 2.75) is 64.6 Å². The maximum atomic E-state index is 13.2. The number of nitrogens with one attached hydrogen (secondary N) is 1. The number of piperidine rings is 1. The van der Waals surface area contributed by atoms with Crippen LogP contribution in [-0.4, -0.2) is 54.5 Å². The number of rotatable bonds is 4. The van der Waals surface area contributed by atoms with E-state index < -0.39 is 0 Å². The van der Waals surface area contributed by atoms with Crippen LogP contribution in [0.2, 0.25) is 0 Å². The van der Waals surface area contributed by atoms with Crippen molar-refractivity contribution < 1.29 is 9.59 Å². The summed E-state index contributed by atoms with van der Waals surface area (Å²) in [6.07, 6.45) is 8.45. The molecule has 2 aliphatic heterocycles. The van der Waals surface area contributed by atoms with Crippen molar-refractivity contribution in [3.63, 3.8) is 0 Å². The largest absolute Gasteiger partial charge is 0.336 e. The zero-order valence-corrected chi connectivity index (χ0v) is 17.8. The number of aromatic nitrogens is 4. The number of H-pyrrole nitrogens is 1. The lowest BCUT2D eigenvalue weighted by molar-refractivity contribution is -0.133. The first-order valence-electron chi connectivity index (χ1n) is 11.3. The van der Waals surface area contributed by atoms with Crippen molar-refractivity contribution in [3.8, 4) is 0 Å². The Morgan fingerprint density at radius 2 is 2.03 bits per heavy atom. The predicted octanol–water partition coefficient (Wildman–Crippen LogP) is 1.65. The Morgan fingerprint density at radius 1 is 1.19 bits per heavy atom. The van der Waals surface area contributed by atoms with Gasteiger partial charge in [0.05, 0.1) is 30.0 Å². The summed E-state index contributed by atoms with van der Waals surface area (Å²) in [5, 5.41) is 4.22. The highest BCUT2D eigenvalue weighted by molar-refractivity contribution is 5.94. The molecule has 1 saturated carbocycles. The lowest BCUT2D eigenvalue weighted by Gasteiger charge is -2.35. The van der Waals surface area contributed by atoms with E-state index in [9.17, 15) is 14.4 Å². The van der Waals surface area contributed by atoms with Crippen LogP contribution >= 0.6 is 0 Å². The number of nitrogens with zero attached hydrogens (tertiary/aromatic N) is 5. The second kappa shape index (κ2) is 7.94. The topological polar surface area (TPSA) is 104 Å². The van der Waals surface area contributed by atoms with Crippen LogP contribution < -0.4 is 5.56 Å². The molecule has 3 aliphatic rings. The third-order valence-corrected chi connectivity index (χ3v) is 6.61. The van der Waals surface area contributed by atoms with Crippen molar-refractivity contribution in [1.82, 2.24) is 29.5 Å². The Hall–Kier alpha value is -2.97. The zero-order chi connectivity index (χ0) is 21.5. The highest BCUT2D eigenvalue weighted by atomic mass is 16.2. The normalized spacial score (nSPS) is 21.1. The number of amides is 2. The minimum Gasteiger partial charge on any atom is -0.336 e. The van der Waals surface area contributed by atoms with Gasteiger partial charge in [0.2, 0.25) is 5.91 Å². The average molecular weight is 425 g/mol. The predicted molar refractivity (Wildman–Crippen MR) is 112 cm³/mol. The summed E-state index contributed by atoms with van der Waals surface area (Å²) in [5.74, 6) is 0.769. The fourth-order valence-electron chi connectivity index (χ4n) is 4.66. The molecule has 0 spiro atoms. The van der Waals surface area contributed by atoms with Crippen LogP contribution in [0.4, 0.5) is 0 Å². The van der Waals surface area contributed by atoms with E-state index in [-0.39, 0.29) is 29.3 Å². The molecular formula is C22H28N6O3. The lowest BCUT2D eigenvalue weighted by Crippen LogP contribution is -2.42. The first-order valence-corrected chi connectivity index (χ1v) is 11.3. The van der Waals surface area contributed by atoms with Gasteiger partial charge in [-0.3, -0.25) is 19.1 Å². The Balaban J connectivity index is 1.43. The van der Waals surface area contributed by atoms with Gasteiger partial charge in [-0.15, -0.1) is 0 Å². The Kier molecular flexibility index (Phi) is 5.11. The molecule has 9 heteroatoms. The molecule has 2 fully saturated rings. The first-order chi connectivity index (χ1) is 15.0. The molecule has 5 rings (SSSR count).